The van der Waals surface area contributed by atoms with Gasteiger partial charge in [-0.15, -0.1) is 0 Å². The Kier molecular flexibility index (Phi) is 3.60. The van der Waals surface area contributed by atoms with Gasteiger partial charge >= 0.3 is 0 Å². The number of hydrogen-bond acceptors (Lipinski definition) is 3. The summed E-state index contributed by atoms with van der Waals surface area (Å²) in [6, 6.07) is 5.30. The van der Waals surface area contributed by atoms with E-state index >= 15 is 0 Å². The van der Waals surface area contributed by atoms with Gasteiger partial charge < -0.3 is 15.4 Å². The van der Waals surface area contributed by atoms with Crippen molar-refractivity contribution in [1.82, 2.24) is 15.3 Å². The Morgan fingerprint density at radius 3 is 2.70 bits per heavy atom. The van der Waals surface area contributed by atoms with Crippen LogP contribution in [0.2, 0.25) is 0 Å². The Bertz CT molecular complexity index is 688. The van der Waals surface area contributed by atoms with Crippen LogP contribution in [-0.2, 0) is 6.54 Å². The highest BCUT2D eigenvalue weighted by molar-refractivity contribution is 5.76. The van der Waals surface area contributed by atoms with Gasteiger partial charge in [0.2, 0.25) is 0 Å². The Labute approximate surface area is 137 Å². The third-order valence-electron chi connectivity index (χ3n) is 5.77. The lowest BCUT2D eigenvalue weighted by Gasteiger charge is -2.50. The van der Waals surface area contributed by atoms with E-state index in [1.54, 1.807) is 12.1 Å². The van der Waals surface area contributed by atoms with E-state index in [0.29, 0.717) is 5.54 Å². The molecule has 2 bridgehead atoms. The maximum Gasteiger partial charge on any atom is 0.121 e. The number of phenolic OH excluding ortho intramolecular Hbond substituents is 1. The number of aromatic hydroxyl groups is 1. The first kappa shape index (κ1) is 15.0. The van der Waals surface area contributed by atoms with E-state index in [0.717, 1.165) is 41.2 Å². The molecule has 124 valence electrons. The monoisotopic (exact) mass is 313 g/mol. The second-order valence-electron chi connectivity index (χ2n) is 8.18. The van der Waals surface area contributed by atoms with Gasteiger partial charge in [0.15, 0.2) is 0 Å². The number of benzene rings is 1. The molecule has 2 aliphatic carbocycles. The highest BCUT2D eigenvalue weighted by atomic mass is 16.3. The third-order valence-corrected chi connectivity index (χ3v) is 5.77. The molecule has 2 atom stereocenters. The summed E-state index contributed by atoms with van der Waals surface area (Å²) in [4.78, 5) is 7.98. The second-order valence-corrected chi connectivity index (χ2v) is 8.18. The second kappa shape index (κ2) is 5.52. The summed E-state index contributed by atoms with van der Waals surface area (Å²) in [7, 11) is 0. The maximum atomic E-state index is 9.58. The molecule has 4 rings (SSSR count). The van der Waals surface area contributed by atoms with Crippen LogP contribution in [0.3, 0.4) is 0 Å². The molecule has 2 unspecified atom stereocenters. The fourth-order valence-corrected chi connectivity index (χ4v) is 5.33. The van der Waals surface area contributed by atoms with Crippen LogP contribution < -0.4 is 5.32 Å². The summed E-state index contributed by atoms with van der Waals surface area (Å²) in [5, 5.41) is 13.4. The van der Waals surface area contributed by atoms with Gasteiger partial charge in [-0.05, 0) is 62.0 Å². The average Bonchev–Trinajstić information content (AvgIpc) is 2.85. The van der Waals surface area contributed by atoms with Crippen LogP contribution in [0.25, 0.3) is 11.0 Å². The molecule has 0 spiro atoms. The zero-order valence-corrected chi connectivity index (χ0v) is 14.1. The lowest BCUT2D eigenvalue weighted by Crippen LogP contribution is -2.54. The SMILES string of the molecule is CC1CC2CC(C)CC(NCc3nc4ccc(O)cc4[nH]3)(C1)C2. The van der Waals surface area contributed by atoms with Crippen LogP contribution in [0.1, 0.15) is 51.8 Å². The van der Waals surface area contributed by atoms with Crippen molar-refractivity contribution < 1.29 is 5.11 Å². The Balaban J connectivity index is 1.52. The Hall–Kier alpha value is -1.55. The quantitative estimate of drug-likeness (QED) is 0.803. The van der Waals surface area contributed by atoms with Gasteiger partial charge in [0.25, 0.3) is 0 Å². The summed E-state index contributed by atoms with van der Waals surface area (Å²) in [6.07, 6.45) is 6.70. The highest BCUT2D eigenvalue weighted by Crippen LogP contribution is 2.47. The van der Waals surface area contributed by atoms with E-state index in [-0.39, 0.29) is 5.75 Å². The van der Waals surface area contributed by atoms with Gasteiger partial charge in [-0.3, -0.25) is 0 Å². The van der Waals surface area contributed by atoms with Crippen LogP contribution in [-0.4, -0.2) is 20.6 Å². The fraction of sp³-hybridized carbons (Fsp3) is 0.632. The number of nitrogens with one attached hydrogen (secondary N) is 2. The standard InChI is InChI=1S/C19H27N3O/c1-12-5-14-6-13(2)9-19(8-12,10-14)20-11-18-21-16-4-3-15(23)7-17(16)22-18/h3-4,7,12-14,20,23H,5-6,8-11H2,1-2H3,(H,21,22). The first-order valence-corrected chi connectivity index (χ1v) is 8.94. The summed E-state index contributed by atoms with van der Waals surface area (Å²) in [5.41, 5.74) is 2.12. The van der Waals surface area contributed by atoms with Crippen molar-refractivity contribution in [2.24, 2.45) is 17.8 Å². The number of imidazole rings is 1. The molecule has 0 amide bonds. The molecule has 0 aliphatic heterocycles. The van der Waals surface area contributed by atoms with Crippen molar-refractivity contribution >= 4 is 11.0 Å². The fourth-order valence-electron chi connectivity index (χ4n) is 5.33. The van der Waals surface area contributed by atoms with Crippen molar-refractivity contribution in [3.8, 4) is 5.75 Å². The molecule has 0 radical (unpaired) electrons. The average molecular weight is 313 g/mol. The molecular weight excluding hydrogens is 286 g/mol. The Morgan fingerprint density at radius 1 is 1.22 bits per heavy atom. The lowest BCUT2D eigenvalue weighted by molar-refractivity contribution is 0.0538. The van der Waals surface area contributed by atoms with E-state index < -0.39 is 0 Å². The minimum atomic E-state index is 0.282. The highest BCUT2D eigenvalue weighted by Gasteiger charge is 2.43. The number of aromatic amines is 1. The molecule has 4 nitrogen and oxygen atoms in total. The predicted octanol–water partition coefficient (Wildman–Crippen LogP) is 3.96. The van der Waals surface area contributed by atoms with E-state index in [4.69, 9.17) is 0 Å². The predicted molar refractivity (Wildman–Crippen MR) is 92.2 cm³/mol. The van der Waals surface area contributed by atoms with E-state index in [1.165, 1.54) is 32.1 Å². The maximum absolute atomic E-state index is 9.58. The molecular formula is C19H27N3O. The number of hydrogen-bond donors (Lipinski definition) is 3. The topological polar surface area (TPSA) is 60.9 Å². The number of aromatic nitrogens is 2. The smallest absolute Gasteiger partial charge is 0.121 e. The summed E-state index contributed by atoms with van der Waals surface area (Å²) in [5.74, 6) is 3.78. The van der Waals surface area contributed by atoms with E-state index in [2.05, 4.69) is 29.1 Å². The minimum absolute atomic E-state index is 0.282. The minimum Gasteiger partial charge on any atom is -0.508 e. The van der Waals surface area contributed by atoms with Crippen LogP contribution >= 0.6 is 0 Å². The van der Waals surface area contributed by atoms with Gasteiger partial charge in [0.1, 0.15) is 11.6 Å². The lowest BCUT2D eigenvalue weighted by atomic mass is 9.61. The number of H-pyrrole nitrogens is 1. The normalized spacial score (nSPS) is 33.9. The molecule has 2 aromatic rings. The summed E-state index contributed by atoms with van der Waals surface area (Å²) < 4.78 is 0. The van der Waals surface area contributed by atoms with Crippen molar-refractivity contribution in [3.05, 3.63) is 24.0 Å². The number of nitrogens with zero attached hydrogens (tertiary/aromatic N) is 1. The third kappa shape index (κ3) is 2.97. The molecule has 3 N–H and O–H groups in total. The van der Waals surface area contributed by atoms with Crippen LogP contribution in [0.4, 0.5) is 0 Å². The molecule has 23 heavy (non-hydrogen) atoms. The van der Waals surface area contributed by atoms with Gasteiger partial charge in [-0.2, -0.15) is 0 Å². The van der Waals surface area contributed by atoms with Gasteiger partial charge in [0.05, 0.1) is 17.6 Å². The molecule has 0 saturated heterocycles. The summed E-state index contributed by atoms with van der Waals surface area (Å²) in [6.45, 7) is 5.59. The first-order chi connectivity index (χ1) is 11.0. The Morgan fingerprint density at radius 2 is 1.96 bits per heavy atom. The van der Waals surface area contributed by atoms with Crippen molar-refractivity contribution in [3.63, 3.8) is 0 Å². The number of rotatable bonds is 3. The number of phenols is 1. The van der Waals surface area contributed by atoms with Crippen molar-refractivity contribution in [2.75, 3.05) is 0 Å². The largest absolute Gasteiger partial charge is 0.508 e. The number of fused-ring (bicyclic) bond motifs is 3. The van der Waals surface area contributed by atoms with E-state index in [1.807, 2.05) is 6.07 Å². The van der Waals surface area contributed by atoms with Crippen LogP contribution in [0, 0.1) is 17.8 Å². The molecule has 2 saturated carbocycles. The molecule has 1 aromatic carbocycles. The zero-order valence-electron chi connectivity index (χ0n) is 14.1. The van der Waals surface area contributed by atoms with Gasteiger partial charge in [0, 0.05) is 11.6 Å². The zero-order chi connectivity index (χ0) is 16.0. The van der Waals surface area contributed by atoms with Gasteiger partial charge in [-0.1, -0.05) is 13.8 Å². The molecule has 1 aromatic heterocycles. The van der Waals surface area contributed by atoms with Crippen molar-refractivity contribution in [1.29, 1.82) is 0 Å². The molecule has 1 heterocycles. The summed E-state index contributed by atoms with van der Waals surface area (Å²) >= 11 is 0. The molecule has 4 heteroatoms. The molecule has 2 fully saturated rings. The van der Waals surface area contributed by atoms with Crippen LogP contribution in [0.5, 0.6) is 5.75 Å². The van der Waals surface area contributed by atoms with Crippen molar-refractivity contribution in [2.45, 2.75) is 58.0 Å². The first-order valence-electron chi connectivity index (χ1n) is 8.94. The molecule has 2 aliphatic rings. The van der Waals surface area contributed by atoms with E-state index in [9.17, 15) is 5.11 Å². The van der Waals surface area contributed by atoms with Gasteiger partial charge in [-0.25, -0.2) is 4.98 Å². The van der Waals surface area contributed by atoms with Crippen LogP contribution in [0.15, 0.2) is 18.2 Å².